The number of carbonyl (C=O) groups excluding carboxylic acids is 3. The summed E-state index contributed by atoms with van der Waals surface area (Å²) in [5.41, 5.74) is 0.964. The van der Waals surface area contributed by atoms with E-state index < -0.39 is 0 Å². The molecule has 2 saturated heterocycles. The van der Waals surface area contributed by atoms with Crippen molar-refractivity contribution in [1.82, 2.24) is 19.6 Å². The number of hydrogen-bond donors (Lipinski definition) is 0. The smallest absolute Gasteiger partial charge is 0.410 e. The van der Waals surface area contributed by atoms with Gasteiger partial charge >= 0.3 is 6.09 Å². The molecule has 0 aliphatic carbocycles. The van der Waals surface area contributed by atoms with Crippen LogP contribution in [0.4, 0.5) is 4.79 Å². The highest BCUT2D eigenvalue weighted by atomic mass is 16.6. The zero-order valence-electron chi connectivity index (χ0n) is 17.1. The first-order chi connectivity index (χ1) is 14.0. The van der Waals surface area contributed by atoms with Crippen molar-refractivity contribution in [3.63, 3.8) is 0 Å². The van der Waals surface area contributed by atoms with E-state index >= 15 is 0 Å². The number of nitrogens with zero attached hydrogens (tertiary/aromatic N) is 4. The van der Waals surface area contributed by atoms with Crippen molar-refractivity contribution in [2.75, 3.05) is 58.9 Å². The zero-order chi connectivity index (χ0) is 20.6. The summed E-state index contributed by atoms with van der Waals surface area (Å²) in [6.45, 7) is 7.19. The van der Waals surface area contributed by atoms with E-state index in [1.54, 1.807) is 16.7 Å². The van der Waals surface area contributed by atoms with E-state index in [-0.39, 0.29) is 24.5 Å². The fourth-order valence-electron chi connectivity index (χ4n) is 3.67. The van der Waals surface area contributed by atoms with Crippen molar-refractivity contribution in [1.29, 1.82) is 0 Å². The second kappa shape index (κ2) is 10.2. The van der Waals surface area contributed by atoms with Crippen LogP contribution >= 0.6 is 0 Å². The minimum absolute atomic E-state index is 0.0644. The summed E-state index contributed by atoms with van der Waals surface area (Å²) in [5, 5.41) is 0. The Bertz CT molecular complexity index is 704. The lowest BCUT2D eigenvalue weighted by atomic mass is 10.2. The molecule has 1 aromatic rings. The van der Waals surface area contributed by atoms with Crippen molar-refractivity contribution in [2.45, 2.75) is 20.0 Å². The molecule has 0 aromatic heterocycles. The van der Waals surface area contributed by atoms with Crippen LogP contribution in [0, 0.1) is 0 Å². The number of piperazine rings is 1. The van der Waals surface area contributed by atoms with Crippen LogP contribution in [-0.2, 0) is 20.9 Å². The average molecular weight is 402 g/mol. The fourth-order valence-corrected chi connectivity index (χ4v) is 3.67. The monoisotopic (exact) mass is 402 g/mol. The molecule has 8 heteroatoms. The van der Waals surface area contributed by atoms with E-state index in [9.17, 15) is 14.4 Å². The Labute approximate surface area is 172 Å². The van der Waals surface area contributed by atoms with E-state index in [0.717, 1.165) is 12.0 Å². The molecule has 0 N–H and O–H groups in total. The minimum atomic E-state index is -0.309. The van der Waals surface area contributed by atoms with Crippen LogP contribution in [-0.4, -0.2) is 96.4 Å². The molecule has 8 nitrogen and oxygen atoms in total. The van der Waals surface area contributed by atoms with Gasteiger partial charge in [-0.25, -0.2) is 4.79 Å². The highest BCUT2D eigenvalue weighted by Gasteiger charge is 2.26. The van der Waals surface area contributed by atoms with E-state index in [2.05, 4.69) is 4.90 Å². The van der Waals surface area contributed by atoms with Gasteiger partial charge in [-0.2, -0.15) is 0 Å². The molecule has 2 heterocycles. The molecule has 0 bridgehead atoms. The molecular weight excluding hydrogens is 372 g/mol. The third-order valence-electron chi connectivity index (χ3n) is 5.49. The summed E-state index contributed by atoms with van der Waals surface area (Å²) in [6, 6.07) is 9.61. The van der Waals surface area contributed by atoms with Crippen molar-refractivity contribution < 1.29 is 19.1 Å². The summed E-state index contributed by atoms with van der Waals surface area (Å²) in [5.74, 6) is 0.157. The molecule has 29 heavy (non-hydrogen) atoms. The molecule has 0 unspecified atom stereocenters. The summed E-state index contributed by atoms with van der Waals surface area (Å²) in [4.78, 5) is 43.8. The largest absolute Gasteiger partial charge is 0.445 e. The van der Waals surface area contributed by atoms with Crippen molar-refractivity contribution in [3.8, 4) is 0 Å². The van der Waals surface area contributed by atoms with Crippen LogP contribution in [0.2, 0.25) is 0 Å². The quantitative estimate of drug-likeness (QED) is 0.752. The molecular formula is C21H30N4O4. The molecule has 0 atom stereocenters. The third-order valence-corrected chi connectivity index (χ3v) is 5.49. The number of carbonyl (C=O) groups is 3. The van der Waals surface area contributed by atoms with Gasteiger partial charge in [-0.1, -0.05) is 30.3 Å². The second-order valence-corrected chi connectivity index (χ2v) is 7.54. The van der Waals surface area contributed by atoms with Crippen LogP contribution in [0.3, 0.4) is 0 Å². The van der Waals surface area contributed by atoms with Crippen LogP contribution in [0.5, 0.6) is 0 Å². The predicted octanol–water partition coefficient (Wildman–Crippen LogP) is 1.02. The molecule has 158 valence electrons. The van der Waals surface area contributed by atoms with Crippen molar-refractivity contribution in [2.24, 2.45) is 0 Å². The first-order valence-electron chi connectivity index (χ1n) is 10.2. The molecule has 3 rings (SSSR count). The molecule has 2 aliphatic heterocycles. The number of amides is 3. The van der Waals surface area contributed by atoms with Gasteiger partial charge in [-0.05, 0) is 12.0 Å². The van der Waals surface area contributed by atoms with Crippen molar-refractivity contribution >= 4 is 17.9 Å². The van der Waals surface area contributed by atoms with Gasteiger partial charge in [-0.15, -0.1) is 0 Å². The number of ether oxygens (including phenoxy) is 1. The Morgan fingerprint density at radius 3 is 2.14 bits per heavy atom. The zero-order valence-corrected chi connectivity index (χ0v) is 17.1. The van der Waals surface area contributed by atoms with Gasteiger partial charge in [0.2, 0.25) is 11.8 Å². The van der Waals surface area contributed by atoms with E-state index in [0.29, 0.717) is 58.9 Å². The Hall–Kier alpha value is -2.61. The summed E-state index contributed by atoms with van der Waals surface area (Å²) >= 11 is 0. The van der Waals surface area contributed by atoms with Gasteiger partial charge in [0, 0.05) is 59.3 Å². The normalized spacial score (nSPS) is 18.3. The van der Waals surface area contributed by atoms with Gasteiger partial charge < -0.3 is 19.4 Å². The van der Waals surface area contributed by atoms with Gasteiger partial charge in [0.05, 0.1) is 6.54 Å². The highest BCUT2D eigenvalue weighted by Crippen LogP contribution is 2.09. The third kappa shape index (κ3) is 6.19. The van der Waals surface area contributed by atoms with Crippen molar-refractivity contribution in [3.05, 3.63) is 35.9 Å². The predicted molar refractivity (Wildman–Crippen MR) is 108 cm³/mol. The fraction of sp³-hybridized carbons (Fsp3) is 0.571. The number of hydrogen-bond acceptors (Lipinski definition) is 5. The molecule has 0 saturated carbocycles. The number of benzene rings is 1. The molecule has 3 amide bonds. The molecule has 1 aromatic carbocycles. The van der Waals surface area contributed by atoms with Gasteiger partial charge in [0.1, 0.15) is 6.61 Å². The van der Waals surface area contributed by atoms with Gasteiger partial charge in [0.15, 0.2) is 0 Å². The highest BCUT2D eigenvalue weighted by molar-refractivity contribution is 5.78. The summed E-state index contributed by atoms with van der Waals surface area (Å²) in [7, 11) is 0. The lowest BCUT2D eigenvalue weighted by molar-refractivity contribution is -0.133. The second-order valence-electron chi connectivity index (χ2n) is 7.54. The minimum Gasteiger partial charge on any atom is -0.445 e. The molecule has 0 spiro atoms. The first-order valence-corrected chi connectivity index (χ1v) is 10.2. The SMILES string of the molecule is CC(=O)N1CCCN(C(=O)CN2CCN(C(=O)OCc3ccccc3)CC2)CC1. The van der Waals surface area contributed by atoms with E-state index in [1.165, 1.54) is 0 Å². The Morgan fingerprint density at radius 1 is 0.828 bits per heavy atom. The van der Waals surface area contributed by atoms with Crippen LogP contribution in [0.15, 0.2) is 30.3 Å². The van der Waals surface area contributed by atoms with Gasteiger partial charge in [-0.3, -0.25) is 14.5 Å². The topological polar surface area (TPSA) is 73.4 Å². The van der Waals surface area contributed by atoms with Crippen LogP contribution in [0.25, 0.3) is 0 Å². The van der Waals surface area contributed by atoms with Gasteiger partial charge in [0.25, 0.3) is 0 Å². The molecule has 0 radical (unpaired) electrons. The standard InChI is InChI=1S/C21H30N4O4/c1-18(26)23-8-5-9-24(15-14-23)20(27)16-22-10-12-25(13-11-22)21(28)29-17-19-6-3-2-4-7-19/h2-4,6-7H,5,8-17H2,1H3. The molecule has 2 aliphatic rings. The Balaban J connectivity index is 1.38. The van der Waals surface area contributed by atoms with E-state index in [1.807, 2.05) is 35.2 Å². The Kier molecular flexibility index (Phi) is 7.46. The maximum absolute atomic E-state index is 12.6. The maximum Gasteiger partial charge on any atom is 0.410 e. The Morgan fingerprint density at radius 2 is 1.45 bits per heavy atom. The lowest BCUT2D eigenvalue weighted by Crippen LogP contribution is -2.52. The summed E-state index contributed by atoms with van der Waals surface area (Å²) in [6.07, 6.45) is 0.503. The maximum atomic E-state index is 12.6. The average Bonchev–Trinajstić information content (AvgIpc) is 3.00. The van der Waals surface area contributed by atoms with Crippen LogP contribution < -0.4 is 0 Å². The van der Waals surface area contributed by atoms with E-state index in [4.69, 9.17) is 4.74 Å². The lowest BCUT2D eigenvalue weighted by Gasteiger charge is -2.34. The number of rotatable bonds is 4. The van der Waals surface area contributed by atoms with Crippen LogP contribution in [0.1, 0.15) is 18.9 Å². The summed E-state index contributed by atoms with van der Waals surface area (Å²) < 4.78 is 5.38. The first kappa shape index (κ1) is 21.1. The molecule has 2 fully saturated rings.